The highest BCUT2D eigenvalue weighted by Crippen LogP contribution is 2.11. The molecular weight excluding hydrogens is 174 g/mol. The van der Waals surface area contributed by atoms with Crippen molar-refractivity contribution in [3.05, 3.63) is 23.8 Å². The summed E-state index contributed by atoms with van der Waals surface area (Å²) in [5, 5.41) is 3.45. The van der Waals surface area contributed by atoms with Gasteiger partial charge in [0.15, 0.2) is 0 Å². The van der Waals surface area contributed by atoms with Crippen LogP contribution in [0.15, 0.2) is 23.8 Å². The normalized spacial score (nSPS) is 23.6. The average Bonchev–Trinajstić information content (AvgIpc) is 2.19. The minimum absolute atomic E-state index is 0.490. The van der Waals surface area contributed by atoms with Crippen molar-refractivity contribution < 1.29 is 4.74 Å². The summed E-state index contributed by atoms with van der Waals surface area (Å²) in [5.41, 5.74) is 2.60. The molecule has 1 aliphatic rings. The summed E-state index contributed by atoms with van der Waals surface area (Å²) in [4.78, 5) is 0. The average molecular weight is 195 g/mol. The number of allylic oxidation sites excluding steroid dienone is 2. The number of hydrogen-bond donors (Lipinski definition) is 1. The van der Waals surface area contributed by atoms with Gasteiger partial charge in [0.1, 0.15) is 0 Å². The van der Waals surface area contributed by atoms with E-state index in [1.54, 1.807) is 0 Å². The third kappa shape index (κ3) is 4.07. The summed E-state index contributed by atoms with van der Waals surface area (Å²) in [6.07, 6.45) is 4.29. The van der Waals surface area contributed by atoms with Gasteiger partial charge in [0.2, 0.25) is 0 Å². The van der Waals surface area contributed by atoms with Crippen molar-refractivity contribution in [2.45, 2.75) is 32.7 Å². The molecule has 1 aliphatic heterocycles. The van der Waals surface area contributed by atoms with Gasteiger partial charge in [-0.25, -0.2) is 0 Å². The summed E-state index contributed by atoms with van der Waals surface area (Å²) in [6.45, 7) is 10.9. The number of hydrogen-bond acceptors (Lipinski definition) is 2. The predicted molar refractivity (Wildman–Crippen MR) is 60.4 cm³/mol. The van der Waals surface area contributed by atoms with E-state index < -0.39 is 0 Å². The number of morpholine rings is 1. The number of ether oxygens (including phenoxy) is 1. The van der Waals surface area contributed by atoms with Gasteiger partial charge in [-0.2, -0.15) is 0 Å². The van der Waals surface area contributed by atoms with Crippen LogP contribution in [0.3, 0.4) is 0 Å². The van der Waals surface area contributed by atoms with E-state index in [1.165, 1.54) is 11.1 Å². The molecule has 1 atom stereocenters. The van der Waals surface area contributed by atoms with Gasteiger partial charge in [-0.05, 0) is 19.8 Å². The molecule has 1 rings (SSSR count). The number of nitrogens with one attached hydrogen (secondary N) is 1. The Hall–Kier alpha value is -0.600. The maximum Gasteiger partial charge on any atom is 0.0623 e. The second kappa shape index (κ2) is 5.99. The van der Waals surface area contributed by atoms with E-state index in [0.29, 0.717) is 6.04 Å². The van der Waals surface area contributed by atoms with Crippen molar-refractivity contribution in [2.75, 3.05) is 19.8 Å². The molecule has 0 saturated carbocycles. The monoisotopic (exact) mass is 195 g/mol. The molecule has 2 heteroatoms. The van der Waals surface area contributed by atoms with E-state index in [2.05, 4.69) is 31.8 Å². The Bertz CT molecular complexity index is 214. The third-order valence-corrected chi connectivity index (χ3v) is 2.47. The first-order chi connectivity index (χ1) is 6.72. The van der Waals surface area contributed by atoms with Crippen LogP contribution in [0, 0.1) is 0 Å². The molecule has 0 amide bonds. The fourth-order valence-corrected chi connectivity index (χ4v) is 1.65. The highest BCUT2D eigenvalue weighted by molar-refractivity contribution is 5.19. The Morgan fingerprint density at radius 2 is 2.43 bits per heavy atom. The van der Waals surface area contributed by atoms with Crippen LogP contribution in [0.5, 0.6) is 0 Å². The van der Waals surface area contributed by atoms with Crippen molar-refractivity contribution in [3.8, 4) is 0 Å². The molecule has 1 N–H and O–H groups in total. The van der Waals surface area contributed by atoms with Crippen LogP contribution in [0.4, 0.5) is 0 Å². The molecule has 0 spiro atoms. The van der Waals surface area contributed by atoms with Crippen molar-refractivity contribution in [2.24, 2.45) is 0 Å². The Kier molecular flexibility index (Phi) is 4.91. The van der Waals surface area contributed by atoms with E-state index in [9.17, 15) is 0 Å². The van der Waals surface area contributed by atoms with E-state index in [4.69, 9.17) is 4.74 Å². The summed E-state index contributed by atoms with van der Waals surface area (Å²) in [5.74, 6) is 0. The molecule has 1 heterocycles. The minimum atomic E-state index is 0.490. The molecule has 1 unspecified atom stereocenters. The zero-order valence-electron chi connectivity index (χ0n) is 9.31. The van der Waals surface area contributed by atoms with Crippen molar-refractivity contribution in [1.29, 1.82) is 0 Å². The fourth-order valence-electron chi connectivity index (χ4n) is 1.65. The first kappa shape index (κ1) is 11.5. The van der Waals surface area contributed by atoms with Crippen LogP contribution >= 0.6 is 0 Å². The summed E-state index contributed by atoms with van der Waals surface area (Å²) in [6, 6.07) is 0.490. The highest BCUT2D eigenvalue weighted by atomic mass is 16.5. The maximum absolute atomic E-state index is 5.40. The second-order valence-electron chi connectivity index (χ2n) is 3.93. The van der Waals surface area contributed by atoms with Gasteiger partial charge in [0.05, 0.1) is 13.2 Å². The van der Waals surface area contributed by atoms with Gasteiger partial charge < -0.3 is 10.1 Å². The Morgan fingerprint density at radius 3 is 3.00 bits per heavy atom. The smallest absolute Gasteiger partial charge is 0.0623 e. The van der Waals surface area contributed by atoms with Gasteiger partial charge in [0.25, 0.3) is 0 Å². The molecule has 0 radical (unpaired) electrons. The Labute approximate surface area is 87.0 Å². The minimum Gasteiger partial charge on any atom is -0.379 e. The second-order valence-corrected chi connectivity index (χ2v) is 3.93. The molecule has 0 bridgehead atoms. The number of rotatable bonds is 4. The van der Waals surface area contributed by atoms with E-state index in [0.717, 1.165) is 32.6 Å². The summed E-state index contributed by atoms with van der Waals surface area (Å²) in [7, 11) is 0. The summed E-state index contributed by atoms with van der Waals surface area (Å²) < 4.78 is 5.40. The van der Waals surface area contributed by atoms with E-state index in [1.807, 2.05) is 0 Å². The van der Waals surface area contributed by atoms with Crippen molar-refractivity contribution in [1.82, 2.24) is 5.32 Å². The molecule has 0 aromatic carbocycles. The lowest BCUT2D eigenvalue weighted by molar-refractivity contribution is 0.0770. The van der Waals surface area contributed by atoms with Crippen LogP contribution in [-0.4, -0.2) is 25.8 Å². The topological polar surface area (TPSA) is 21.3 Å². The standard InChI is InChI=1S/C12H21NO/c1-4-10(2)7-11(3)8-12-9-14-6-5-13-12/h7,12-13H,2,4-6,8-9H2,1,3H3/b11-7-. The first-order valence-electron chi connectivity index (χ1n) is 5.38. The van der Waals surface area contributed by atoms with Crippen molar-refractivity contribution >= 4 is 0 Å². The van der Waals surface area contributed by atoms with Crippen LogP contribution in [0.25, 0.3) is 0 Å². The molecular formula is C12H21NO. The third-order valence-electron chi connectivity index (χ3n) is 2.47. The Morgan fingerprint density at radius 1 is 1.64 bits per heavy atom. The first-order valence-corrected chi connectivity index (χ1v) is 5.38. The van der Waals surface area contributed by atoms with Gasteiger partial charge in [0, 0.05) is 12.6 Å². The van der Waals surface area contributed by atoms with Crippen LogP contribution in [0.1, 0.15) is 26.7 Å². The fraction of sp³-hybridized carbons (Fsp3) is 0.667. The molecule has 0 aromatic heterocycles. The SMILES string of the molecule is C=C(/C=C(/C)CC1COCCN1)CC. The van der Waals surface area contributed by atoms with Crippen LogP contribution in [0.2, 0.25) is 0 Å². The molecule has 2 nitrogen and oxygen atoms in total. The zero-order valence-corrected chi connectivity index (χ0v) is 9.31. The molecule has 80 valence electrons. The van der Waals surface area contributed by atoms with Crippen molar-refractivity contribution in [3.63, 3.8) is 0 Å². The zero-order chi connectivity index (χ0) is 10.4. The predicted octanol–water partition coefficient (Wildman–Crippen LogP) is 2.28. The van der Waals surface area contributed by atoms with Gasteiger partial charge in [-0.15, -0.1) is 0 Å². The summed E-state index contributed by atoms with van der Waals surface area (Å²) >= 11 is 0. The van der Waals surface area contributed by atoms with E-state index in [-0.39, 0.29) is 0 Å². The molecule has 0 aromatic rings. The maximum atomic E-state index is 5.40. The lowest BCUT2D eigenvalue weighted by atomic mass is 10.0. The molecule has 1 saturated heterocycles. The quantitative estimate of drug-likeness (QED) is 0.695. The lowest BCUT2D eigenvalue weighted by Gasteiger charge is -2.24. The van der Waals surface area contributed by atoms with Crippen LogP contribution in [-0.2, 0) is 4.74 Å². The van der Waals surface area contributed by atoms with Gasteiger partial charge >= 0.3 is 0 Å². The van der Waals surface area contributed by atoms with Gasteiger partial charge in [-0.3, -0.25) is 0 Å². The molecule has 1 fully saturated rings. The van der Waals surface area contributed by atoms with Crippen LogP contribution < -0.4 is 5.32 Å². The molecule has 14 heavy (non-hydrogen) atoms. The molecule has 0 aliphatic carbocycles. The highest BCUT2D eigenvalue weighted by Gasteiger charge is 2.12. The largest absolute Gasteiger partial charge is 0.379 e. The van der Waals surface area contributed by atoms with Gasteiger partial charge in [-0.1, -0.05) is 30.7 Å². The Balaban J connectivity index is 2.34. The van der Waals surface area contributed by atoms with E-state index >= 15 is 0 Å². The lowest BCUT2D eigenvalue weighted by Crippen LogP contribution is -2.41.